The average Bonchev–Trinajstić information content (AvgIpc) is 3.44. The van der Waals surface area contributed by atoms with Gasteiger partial charge in [0.1, 0.15) is 0 Å². The molecule has 1 atom stereocenters. The van der Waals surface area contributed by atoms with Gasteiger partial charge in [-0.3, -0.25) is 4.79 Å². The molecule has 1 spiro atoms. The quantitative estimate of drug-likeness (QED) is 0.200. The SMILES string of the molecule is O=C(C1=NN(c2ccccc2)C2(S1)c1ccccc1C(c1ccc(Cl)cc1)=NN2c1ccccc1)c1ccccc1. The van der Waals surface area contributed by atoms with Crippen LogP contribution in [0.2, 0.25) is 5.02 Å². The summed E-state index contributed by atoms with van der Waals surface area (Å²) in [5.74, 6) is -0.133. The molecule has 5 nitrogen and oxygen atoms in total. The van der Waals surface area contributed by atoms with Gasteiger partial charge in [0.2, 0.25) is 10.8 Å². The molecule has 2 aliphatic rings. The van der Waals surface area contributed by atoms with E-state index in [1.54, 1.807) is 0 Å². The highest BCUT2D eigenvalue weighted by Crippen LogP contribution is 2.55. The number of carbonyl (C=O) groups excluding carboxylic acids is 1. The molecular formula is C34H23ClN4OS. The Morgan fingerprint density at radius 1 is 0.634 bits per heavy atom. The molecule has 0 aliphatic carbocycles. The molecule has 5 aromatic rings. The summed E-state index contributed by atoms with van der Waals surface area (Å²) >= 11 is 7.66. The van der Waals surface area contributed by atoms with E-state index in [2.05, 4.69) is 12.1 Å². The topological polar surface area (TPSA) is 48.3 Å². The first-order chi connectivity index (χ1) is 20.1. The van der Waals surface area contributed by atoms with Gasteiger partial charge in [-0.1, -0.05) is 115 Å². The van der Waals surface area contributed by atoms with E-state index < -0.39 is 4.99 Å². The van der Waals surface area contributed by atoms with Crippen LogP contribution in [0.4, 0.5) is 11.4 Å². The standard InChI is InChI=1S/C34H23ClN4OS/c35-26-22-20-24(21-23-26)31-29-18-10-11-19-30(29)34(38(36-31)27-14-6-2-7-15-27)39(28-16-8-3-9-17-28)37-33(41-34)32(40)25-12-4-1-5-13-25/h1-23H. The van der Waals surface area contributed by atoms with Crippen molar-refractivity contribution in [1.29, 1.82) is 0 Å². The molecule has 0 saturated carbocycles. The van der Waals surface area contributed by atoms with Crippen molar-refractivity contribution in [3.63, 3.8) is 0 Å². The molecule has 0 amide bonds. The number of fused-ring (bicyclic) bond motifs is 2. The molecule has 41 heavy (non-hydrogen) atoms. The molecule has 0 bridgehead atoms. The van der Waals surface area contributed by atoms with E-state index in [4.69, 9.17) is 21.8 Å². The van der Waals surface area contributed by atoms with Crippen LogP contribution in [0.5, 0.6) is 0 Å². The van der Waals surface area contributed by atoms with Gasteiger partial charge in [-0.05, 0) is 48.2 Å². The lowest BCUT2D eigenvalue weighted by atomic mass is 9.93. The summed E-state index contributed by atoms with van der Waals surface area (Å²) in [4.78, 5) is 12.9. The van der Waals surface area contributed by atoms with E-state index in [9.17, 15) is 4.79 Å². The fourth-order valence-electron chi connectivity index (χ4n) is 5.20. The van der Waals surface area contributed by atoms with Crippen LogP contribution in [0, 0.1) is 0 Å². The maximum atomic E-state index is 13.9. The normalized spacial score (nSPS) is 17.7. The highest BCUT2D eigenvalue weighted by molar-refractivity contribution is 8.17. The van der Waals surface area contributed by atoms with Gasteiger partial charge < -0.3 is 0 Å². The van der Waals surface area contributed by atoms with E-state index in [0.717, 1.165) is 33.8 Å². The van der Waals surface area contributed by atoms with Crippen LogP contribution < -0.4 is 10.0 Å². The average molecular weight is 571 g/mol. The Balaban J connectivity index is 1.49. The van der Waals surface area contributed by atoms with Gasteiger partial charge in [0, 0.05) is 27.3 Å². The number of rotatable bonds is 5. The molecule has 0 radical (unpaired) electrons. The van der Waals surface area contributed by atoms with E-state index in [0.29, 0.717) is 15.6 Å². The van der Waals surface area contributed by atoms with E-state index in [-0.39, 0.29) is 5.78 Å². The summed E-state index contributed by atoms with van der Waals surface area (Å²) in [6.07, 6.45) is 0. The third-order valence-electron chi connectivity index (χ3n) is 7.09. The number of carbonyl (C=O) groups is 1. The van der Waals surface area contributed by atoms with Crippen LogP contribution in [0.25, 0.3) is 0 Å². The molecule has 0 N–H and O–H groups in total. The summed E-state index contributed by atoms with van der Waals surface area (Å²) in [7, 11) is 0. The van der Waals surface area contributed by atoms with Gasteiger partial charge in [0.05, 0.1) is 17.1 Å². The third-order valence-corrected chi connectivity index (χ3v) is 8.65. The number of anilines is 2. The number of hydrogen-bond acceptors (Lipinski definition) is 6. The highest BCUT2D eigenvalue weighted by atomic mass is 35.5. The molecule has 0 aromatic heterocycles. The first-order valence-corrected chi connectivity index (χ1v) is 14.4. The summed E-state index contributed by atoms with van der Waals surface area (Å²) < 4.78 is 0. The molecule has 2 heterocycles. The van der Waals surface area contributed by atoms with Crippen LogP contribution >= 0.6 is 23.4 Å². The molecule has 1 unspecified atom stereocenters. The van der Waals surface area contributed by atoms with E-state index in [1.165, 1.54) is 11.8 Å². The van der Waals surface area contributed by atoms with Gasteiger partial charge in [0.15, 0.2) is 5.04 Å². The van der Waals surface area contributed by atoms with Crippen molar-refractivity contribution in [2.75, 3.05) is 10.0 Å². The molecule has 7 heteroatoms. The van der Waals surface area contributed by atoms with Crippen molar-refractivity contribution < 1.29 is 4.79 Å². The Labute approximate surface area is 247 Å². The van der Waals surface area contributed by atoms with E-state index in [1.807, 2.05) is 137 Å². The second-order valence-corrected chi connectivity index (χ2v) is 11.2. The number of para-hydroxylation sites is 2. The van der Waals surface area contributed by atoms with Crippen LogP contribution in [0.15, 0.2) is 150 Å². The third kappa shape index (κ3) is 4.32. The Hall–Kier alpha value is -4.65. The molecule has 0 saturated heterocycles. The van der Waals surface area contributed by atoms with E-state index >= 15 is 0 Å². The maximum Gasteiger partial charge on any atom is 0.234 e. The largest absolute Gasteiger partial charge is 0.286 e. The van der Waals surface area contributed by atoms with Crippen molar-refractivity contribution in [3.05, 3.63) is 167 Å². The van der Waals surface area contributed by atoms with Crippen molar-refractivity contribution in [1.82, 2.24) is 0 Å². The maximum absolute atomic E-state index is 13.9. The Bertz CT molecular complexity index is 1790. The fourth-order valence-corrected chi connectivity index (χ4v) is 6.68. The number of Topliss-reactive ketones (excluding diaryl/α,β-unsaturated/α-hetero) is 1. The zero-order chi connectivity index (χ0) is 27.8. The summed E-state index contributed by atoms with van der Waals surface area (Å²) in [6, 6.07) is 45.2. The van der Waals surface area contributed by atoms with Crippen LogP contribution in [0.1, 0.15) is 27.0 Å². The zero-order valence-corrected chi connectivity index (χ0v) is 23.3. The van der Waals surface area contributed by atoms with Gasteiger partial charge in [-0.25, -0.2) is 10.0 Å². The molecular weight excluding hydrogens is 548 g/mol. The Morgan fingerprint density at radius 3 is 1.80 bits per heavy atom. The summed E-state index contributed by atoms with van der Waals surface area (Å²) in [5, 5.41) is 15.3. The van der Waals surface area contributed by atoms with Crippen LogP contribution in [0.3, 0.4) is 0 Å². The predicted molar refractivity (Wildman–Crippen MR) is 169 cm³/mol. The van der Waals surface area contributed by atoms with Crippen molar-refractivity contribution in [2.45, 2.75) is 4.99 Å². The number of thioether (sulfide) groups is 1. The second-order valence-electron chi connectivity index (χ2n) is 9.61. The van der Waals surface area contributed by atoms with Gasteiger partial charge in [0.25, 0.3) is 0 Å². The van der Waals surface area contributed by atoms with Crippen LogP contribution in [-0.2, 0) is 4.99 Å². The van der Waals surface area contributed by atoms with Crippen molar-refractivity contribution >= 4 is 51.3 Å². The Kier molecular flexibility index (Phi) is 6.42. The monoisotopic (exact) mass is 570 g/mol. The second kappa shape index (κ2) is 10.4. The molecule has 7 rings (SSSR count). The first-order valence-electron chi connectivity index (χ1n) is 13.2. The lowest BCUT2D eigenvalue weighted by molar-refractivity contribution is 0.106. The lowest BCUT2D eigenvalue weighted by Gasteiger charge is -2.47. The number of halogens is 1. The summed E-state index contributed by atoms with van der Waals surface area (Å²) in [6.45, 7) is 0. The first kappa shape index (κ1) is 25.3. The molecule has 2 aliphatic heterocycles. The van der Waals surface area contributed by atoms with Gasteiger partial charge in [-0.2, -0.15) is 10.2 Å². The lowest BCUT2D eigenvalue weighted by Crippen LogP contribution is -2.54. The van der Waals surface area contributed by atoms with Crippen molar-refractivity contribution in [2.24, 2.45) is 10.2 Å². The summed E-state index contributed by atoms with van der Waals surface area (Å²) in [5.41, 5.74) is 5.97. The highest BCUT2D eigenvalue weighted by Gasteiger charge is 2.56. The predicted octanol–water partition coefficient (Wildman–Crippen LogP) is 8.17. The number of ketones is 1. The number of hydrazone groups is 2. The van der Waals surface area contributed by atoms with Gasteiger partial charge in [-0.15, -0.1) is 0 Å². The van der Waals surface area contributed by atoms with Gasteiger partial charge >= 0.3 is 0 Å². The molecule has 198 valence electrons. The minimum absolute atomic E-state index is 0.133. The Morgan fingerprint density at radius 2 is 1.17 bits per heavy atom. The number of nitrogens with zero attached hydrogens (tertiary/aromatic N) is 4. The minimum Gasteiger partial charge on any atom is -0.286 e. The fraction of sp³-hybridized carbons (Fsp3) is 0.0294. The zero-order valence-electron chi connectivity index (χ0n) is 21.8. The molecule has 5 aromatic carbocycles. The minimum atomic E-state index is -1.02. The number of hydrogen-bond donors (Lipinski definition) is 0. The van der Waals surface area contributed by atoms with Crippen LogP contribution in [-0.4, -0.2) is 16.5 Å². The number of benzene rings is 5. The van der Waals surface area contributed by atoms with Crippen molar-refractivity contribution in [3.8, 4) is 0 Å². The molecule has 0 fully saturated rings. The smallest absolute Gasteiger partial charge is 0.234 e.